The Morgan fingerprint density at radius 3 is 1.65 bits per heavy atom. The number of aliphatic carboxylic acids is 1. The van der Waals surface area contributed by atoms with Gasteiger partial charge in [0.15, 0.2) is 0 Å². The number of carboxylic acids is 1. The average molecular weight is 313 g/mol. The fourth-order valence-corrected chi connectivity index (χ4v) is 0.632. The number of nitrogens with zero attached hydrogens (tertiary/aromatic N) is 1. The Morgan fingerprint density at radius 1 is 1.25 bits per heavy atom. The van der Waals surface area contributed by atoms with Crippen molar-refractivity contribution >= 4 is 16.4 Å². The summed E-state index contributed by atoms with van der Waals surface area (Å²) in [7, 11) is -1.18. The van der Waals surface area contributed by atoms with E-state index in [0.29, 0.717) is 12.0 Å². The summed E-state index contributed by atoms with van der Waals surface area (Å²) in [4.78, 5) is 12.2. The average Bonchev–Trinajstić information content (AvgIpc) is 2.38. The van der Waals surface area contributed by atoms with Crippen molar-refractivity contribution in [2.45, 2.75) is 33.6 Å². The predicted octanol–water partition coefficient (Wildman–Crippen LogP) is 1.82. The Morgan fingerprint density at radius 2 is 1.60 bits per heavy atom. The smallest absolute Gasteiger partial charge is 0.397 e. The zero-order valence-corrected chi connectivity index (χ0v) is 13.7. The maximum atomic E-state index is 9.99. The lowest BCUT2D eigenvalue weighted by atomic mass is 10.2. The molecule has 0 rings (SSSR count). The van der Waals surface area contributed by atoms with Gasteiger partial charge in [-0.25, -0.2) is 4.79 Å². The van der Waals surface area contributed by atoms with Crippen LogP contribution in [0.25, 0.3) is 0 Å². The molecule has 0 bridgehead atoms. The van der Waals surface area contributed by atoms with Crippen molar-refractivity contribution in [3.8, 4) is 0 Å². The van der Waals surface area contributed by atoms with E-state index in [4.69, 9.17) is 9.66 Å². The Bertz CT molecular complexity index is 349. The molecule has 0 saturated carbocycles. The monoisotopic (exact) mass is 313 g/mol. The highest BCUT2D eigenvalue weighted by Crippen LogP contribution is 1.99. The summed E-state index contributed by atoms with van der Waals surface area (Å²) in [6.45, 7) is 11.9. The van der Waals surface area contributed by atoms with Gasteiger partial charge in [-0.15, -0.1) is 0 Å². The van der Waals surface area contributed by atoms with Crippen LogP contribution in [0.4, 0.5) is 0 Å². The van der Waals surface area contributed by atoms with Gasteiger partial charge >= 0.3 is 16.4 Å². The maximum Gasteiger partial charge on any atom is 0.397 e. The van der Waals surface area contributed by atoms with Gasteiger partial charge in [0.05, 0.1) is 7.11 Å². The number of hydrogen-bond acceptors (Lipinski definition) is 5. The van der Waals surface area contributed by atoms with E-state index in [-0.39, 0.29) is 0 Å². The molecule has 0 unspecified atom stereocenters. The fraction of sp³-hybridized carbons (Fsp3) is 0.750. The highest BCUT2D eigenvalue weighted by molar-refractivity contribution is 7.80. The molecule has 0 aliphatic rings. The quantitative estimate of drug-likeness (QED) is 0.569. The molecule has 0 heterocycles. The minimum Gasteiger partial charge on any atom is -0.478 e. The molecular formula is C12H27NO6S. The lowest BCUT2D eigenvalue weighted by Gasteiger charge is -2.07. The van der Waals surface area contributed by atoms with Crippen LogP contribution in [0.1, 0.15) is 33.6 Å². The molecule has 0 radical (unpaired) electrons. The van der Waals surface area contributed by atoms with E-state index >= 15 is 0 Å². The topological polar surface area (TPSA) is 104 Å². The molecule has 0 aliphatic heterocycles. The number of rotatable bonds is 6. The second-order valence-corrected chi connectivity index (χ2v) is 4.93. The zero-order chi connectivity index (χ0) is 16.8. The first-order valence-corrected chi connectivity index (χ1v) is 7.54. The van der Waals surface area contributed by atoms with Crippen LogP contribution in [-0.2, 0) is 19.4 Å². The third kappa shape index (κ3) is 25.8. The Hall–Kier alpha value is -0.960. The molecule has 2 N–H and O–H groups in total. The van der Waals surface area contributed by atoms with Gasteiger partial charge in [-0.05, 0) is 26.6 Å². The lowest BCUT2D eigenvalue weighted by molar-refractivity contribution is -0.132. The molecule has 0 spiro atoms. The van der Waals surface area contributed by atoms with Gasteiger partial charge in [-0.2, -0.15) is 8.42 Å². The van der Waals surface area contributed by atoms with E-state index in [1.165, 1.54) is 0 Å². The molecule has 7 nitrogen and oxygen atoms in total. The lowest BCUT2D eigenvalue weighted by Crippen LogP contribution is -2.15. The maximum absolute atomic E-state index is 9.99. The van der Waals surface area contributed by atoms with Crippen LogP contribution >= 0.6 is 0 Å². The predicted molar refractivity (Wildman–Crippen MR) is 79.1 cm³/mol. The van der Waals surface area contributed by atoms with Crippen LogP contribution in [0, 0.1) is 0 Å². The summed E-state index contributed by atoms with van der Waals surface area (Å²) in [5.74, 6) is -0.883. The van der Waals surface area contributed by atoms with Crippen LogP contribution in [-0.4, -0.2) is 56.2 Å². The first-order valence-electron chi connectivity index (χ1n) is 6.18. The van der Waals surface area contributed by atoms with Crippen molar-refractivity contribution < 1.29 is 27.1 Å². The van der Waals surface area contributed by atoms with Crippen LogP contribution in [0.15, 0.2) is 12.2 Å². The van der Waals surface area contributed by atoms with Gasteiger partial charge in [0.25, 0.3) is 0 Å². The second kappa shape index (κ2) is 14.4. The molecule has 20 heavy (non-hydrogen) atoms. The molecule has 0 aromatic heterocycles. The molecule has 0 saturated heterocycles. The van der Waals surface area contributed by atoms with Gasteiger partial charge in [0.2, 0.25) is 0 Å². The van der Waals surface area contributed by atoms with E-state index in [2.05, 4.69) is 36.6 Å². The third-order valence-corrected chi connectivity index (χ3v) is 2.57. The molecule has 0 aliphatic carbocycles. The molecule has 0 fully saturated rings. The van der Waals surface area contributed by atoms with Crippen molar-refractivity contribution in [2.75, 3.05) is 27.2 Å². The minimum absolute atomic E-state index is 0.299. The summed E-state index contributed by atoms with van der Waals surface area (Å²) in [5, 5.41) is 8.21. The van der Waals surface area contributed by atoms with E-state index in [9.17, 15) is 13.2 Å². The second-order valence-electron chi connectivity index (χ2n) is 3.74. The molecule has 0 aromatic rings. The van der Waals surface area contributed by atoms with Crippen molar-refractivity contribution in [1.82, 2.24) is 4.90 Å². The van der Waals surface area contributed by atoms with Gasteiger partial charge in [-0.3, -0.25) is 8.74 Å². The van der Waals surface area contributed by atoms with Gasteiger partial charge in [0.1, 0.15) is 0 Å². The third-order valence-electron chi connectivity index (χ3n) is 2.14. The first kappa shape index (κ1) is 24.1. The fourth-order valence-electron chi connectivity index (χ4n) is 0.632. The van der Waals surface area contributed by atoms with Crippen LogP contribution in [0.3, 0.4) is 0 Å². The highest BCUT2D eigenvalue weighted by Gasteiger charge is 1.99. The molecule has 0 amide bonds. The molecule has 0 aromatic carbocycles. The Balaban J connectivity index is -0.000000221. The molecule has 8 heteroatoms. The van der Waals surface area contributed by atoms with Crippen LogP contribution in [0.5, 0.6) is 0 Å². The Labute approximate surface area is 122 Å². The summed E-state index contributed by atoms with van der Waals surface area (Å²) in [6, 6.07) is 0. The van der Waals surface area contributed by atoms with Crippen molar-refractivity contribution in [2.24, 2.45) is 0 Å². The molecule has 0 atom stereocenters. The summed E-state index contributed by atoms with van der Waals surface area (Å²) < 4.78 is 29.7. The van der Waals surface area contributed by atoms with Crippen molar-refractivity contribution in [1.29, 1.82) is 0 Å². The van der Waals surface area contributed by atoms with Gasteiger partial charge in [-0.1, -0.05) is 33.8 Å². The minimum atomic E-state index is -4.16. The SMILES string of the molecule is C=C(CCC)C(=O)O.CCN(C)CC.COS(=O)(=O)O. The van der Waals surface area contributed by atoms with Crippen molar-refractivity contribution in [3.05, 3.63) is 12.2 Å². The highest BCUT2D eigenvalue weighted by atomic mass is 32.3. The Kier molecular flexibility index (Phi) is 17.4. The van der Waals surface area contributed by atoms with Gasteiger partial charge in [0, 0.05) is 5.57 Å². The largest absolute Gasteiger partial charge is 0.478 e. The van der Waals surface area contributed by atoms with Crippen molar-refractivity contribution in [3.63, 3.8) is 0 Å². The zero-order valence-electron chi connectivity index (χ0n) is 12.9. The summed E-state index contributed by atoms with van der Waals surface area (Å²) in [5.41, 5.74) is 0.299. The summed E-state index contributed by atoms with van der Waals surface area (Å²) >= 11 is 0. The van der Waals surface area contributed by atoms with Crippen LogP contribution < -0.4 is 0 Å². The molecular weight excluding hydrogens is 286 g/mol. The van der Waals surface area contributed by atoms with E-state index in [1.807, 2.05) is 6.92 Å². The number of hydrogen-bond donors (Lipinski definition) is 2. The van der Waals surface area contributed by atoms with E-state index in [1.54, 1.807) is 0 Å². The van der Waals surface area contributed by atoms with Crippen LogP contribution in [0.2, 0.25) is 0 Å². The number of carboxylic acid groups (broad SMARTS) is 1. The standard InChI is InChI=1S/C6H10O2.C5H13N.CH4O4S/c1-3-4-5(2)6(7)8;1-4-6(3)5-2;1-5-6(2,3)4/h2-4H2,1H3,(H,7,8);4-5H2,1-3H3;1H3,(H,2,3,4). The first-order chi connectivity index (χ1) is 9.05. The number of carbonyl (C=O) groups is 1. The normalized spacial score (nSPS) is 9.95. The van der Waals surface area contributed by atoms with E-state index in [0.717, 1.165) is 26.6 Å². The summed E-state index contributed by atoms with van der Waals surface area (Å²) in [6.07, 6.45) is 1.44. The molecule has 122 valence electrons. The van der Waals surface area contributed by atoms with Gasteiger partial charge < -0.3 is 10.0 Å². The van der Waals surface area contributed by atoms with E-state index < -0.39 is 16.4 Å².